The molecule has 0 heterocycles. The van der Waals surface area contributed by atoms with Crippen LogP contribution in [0.2, 0.25) is 0 Å². The van der Waals surface area contributed by atoms with Crippen molar-refractivity contribution < 1.29 is 9.63 Å². The molecule has 3 rings (SSSR count). The van der Waals surface area contributed by atoms with E-state index >= 15 is 0 Å². The molecule has 26 heavy (non-hydrogen) atoms. The molecule has 0 aromatic heterocycles. The van der Waals surface area contributed by atoms with Gasteiger partial charge in [0.25, 0.3) is 0 Å². The summed E-state index contributed by atoms with van der Waals surface area (Å²) in [6, 6.07) is 29.1. The second kappa shape index (κ2) is 9.33. The minimum absolute atomic E-state index is 0.109. The second-order valence-corrected chi connectivity index (χ2v) is 5.95. The molecular weight excluding hydrogens is 322 g/mol. The average molecular weight is 343 g/mol. The molecule has 0 atom stereocenters. The van der Waals surface area contributed by atoms with Gasteiger partial charge < -0.3 is 4.84 Å². The fourth-order valence-corrected chi connectivity index (χ4v) is 2.63. The van der Waals surface area contributed by atoms with Crippen molar-refractivity contribution in [1.29, 1.82) is 0 Å². The fraction of sp³-hybridized carbons (Fsp3) is 0.130. The molecule has 0 aliphatic carbocycles. The maximum atomic E-state index is 12.4. The summed E-state index contributed by atoms with van der Waals surface area (Å²) < 4.78 is 0. The standard InChI is InChI=1S/C23H21NO2/c25-23(21-14-8-3-9-15-21)17-16-22(20-12-6-2-7-13-20)24-26-18-19-10-4-1-5-11-19/h1-15H,16-18H2/b24-22-. The monoisotopic (exact) mass is 343 g/mol. The van der Waals surface area contributed by atoms with Gasteiger partial charge in [-0.2, -0.15) is 0 Å². The lowest BCUT2D eigenvalue weighted by Crippen LogP contribution is -2.07. The highest BCUT2D eigenvalue weighted by atomic mass is 16.6. The normalized spacial score (nSPS) is 11.2. The summed E-state index contributed by atoms with van der Waals surface area (Å²) in [5.74, 6) is 0.109. The summed E-state index contributed by atoms with van der Waals surface area (Å²) in [6.45, 7) is 0.407. The third kappa shape index (κ3) is 5.15. The van der Waals surface area contributed by atoms with Gasteiger partial charge in [-0.05, 0) is 11.1 Å². The van der Waals surface area contributed by atoms with E-state index in [1.807, 2.05) is 91.0 Å². The molecule has 0 aliphatic rings. The van der Waals surface area contributed by atoms with Crippen LogP contribution in [-0.2, 0) is 11.4 Å². The molecule has 0 bridgehead atoms. The van der Waals surface area contributed by atoms with Crippen molar-refractivity contribution in [3.05, 3.63) is 108 Å². The Morgan fingerprint density at radius 1 is 0.692 bits per heavy atom. The minimum atomic E-state index is 0.109. The van der Waals surface area contributed by atoms with Crippen molar-refractivity contribution in [2.75, 3.05) is 0 Å². The Balaban J connectivity index is 1.67. The van der Waals surface area contributed by atoms with Crippen LogP contribution in [0, 0.1) is 0 Å². The van der Waals surface area contributed by atoms with E-state index in [1.54, 1.807) is 0 Å². The van der Waals surface area contributed by atoms with E-state index in [0.29, 0.717) is 19.4 Å². The number of carbonyl (C=O) groups is 1. The third-order valence-electron chi connectivity index (χ3n) is 4.04. The van der Waals surface area contributed by atoms with Gasteiger partial charge >= 0.3 is 0 Å². The van der Waals surface area contributed by atoms with E-state index in [-0.39, 0.29) is 5.78 Å². The van der Waals surface area contributed by atoms with E-state index in [1.165, 1.54) is 0 Å². The first-order valence-corrected chi connectivity index (χ1v) is 8.69. The van der Waals surface area contributed by atoms with Crippen molar-refractivity contribution in [2.45, 2.75) is 19.4 Å². The van der Waals surface area contributed by atoms with Crippen LogP contribution in [-0.4, -0.2) is 11.5 Å². The largest absolute Gasteiger partial charge is 0.391 e. The number of rotatable bonds is 8. The van der Waals surface area contributed by atoms with Crippen LogP contribution in [0.15, 0.2) is 96.2 Å². The summed E-state index contributed by atoms with van der Waals surface area (Å²) in [6.07, 6.45) is 0.930. The Morgan fingerprint density at radius 2 is 1.23 bits per heavy atom. The highest BCUT2D eigenvalue weighted by Gasteiger charge is 2.10. The van der Waals surface area contributed by atoms with Gasteiger partial charge in [0.2, 0.25) is 0 Å². The molecule has 0 unspecified atom stereocenters. The molecule has 0 spiro atoms. The van der Waals surface area contributed by atoms with Crippen LogP contribution >= 0.6 is 0 Å². The lowest BCUT2D eigenvalue weighted by molar-refractivity contribution is 0.0983. The Bertz CT molecular complexity index is 843. The Hall–Kier alpha value is -3.20. The fourth-order valence-electron chi connectivity index (χ4n) is 2.63. The SMILES string of the molecule is O=C(CC/C(=N/OCc1ccccc1)c1ccccc1)c1ccccc1. The average Bonchev–Trinajstić information content (AvgIpc) is 2.72. The quantitative estimate of drug-likeness (QED) is 0.317. The van der Waals surface area contributed by atoms with Gasteiger partial charge in [-0.1, -0.05) is 96.2 Å². The van der Waals surface area contributed by atoms with Crippen LogP contribution in [0.5, 0.6) is 0 Å². The Kier molecular flexibility index (Phi) is 6.32. The third-order valence-corrected chi connectivity index (χ3v) is 4.04. The summed E-state index contributed by atoms with van der Waals surface area (Å²) in [7, 11) is 0. The number of oxime groups is 1. The van der Waals surface area contributed by atoms with Crippen molar-refractivity contribution in [3.8, 4) is 0 Å². The molecule has 0 radical (unpaired) electrons. The van der Waals surface area contributed by atoms with Crippen molar-refractivity contribution in [1.82, 2.24) is 0 Å². The maximum absolute atomic E-state index is 12.4. The zero-order valence-electron chi connectivity index (χ0n) is 14.5. The van der Waals surface area contributed by atoms with Crippen LogP contribution < -0.4 is 0 Å². The summed E-state index contributed by atoms with van der Waals surface area (Å²) in [4.78, 5) is 17.9. The maximum Gasteiger partial charge on any atom is 0.163 e. The van der Waals surface area contributed by atoms with Gasteiger partial charge in [-0.15, -0.1) is 0 Å². The topological polar surface area (TPSA) is 38.7 Å². The number of hydrogen-bond acceptors (Lipinski definition) is 3. The van der Waals surface area contributed by atoms with Crippen LogP contribution in [0.3, 0.4) is 0 Å². The zero-order chi connectivity index (χ0) is 18.0. The molecule has 3 aromatic rings. The second-order valence-electron chi connectivity index (χ2n) is 5.95. The van der Waals surface area contributed by atoms with E-state index in [4.69, 9.17) is 4.84 Å². The zero-order valence-corrected chi connectivity index (χ0v) is 14.5. The van der Waals surface area contributed by atoms with Crippen molar-refractivity contribution in [3.63, 3.8) is 0 Å². The molecular formula is C23H21NO2. The highest BCUT2D eigenvalue weighted by Crippen LogP contribution is 2.12. The van der Waals surface area contributed by atoms with Gasteiger partial charge in [0, 0.05) is 18.4 Å². The molecule has 0 amide bonds. The van der Waals surface area contributed by atoms with Gasteiger partial charge in [0.1, 0.15) is 6.61 Å². The first-order valence-electron chi connectivity index (χ1n) is 8.69. The van der Waals surface area contributed by atoms with Crippen LogP contribution in [0.4, 0.5) is 0 Å². The lowest BCUT2D eigenvalue weighted by atomic mass is 10.0. The summed E-state index contributed by atoms with van der Waals surface area (Å²) in [5, 5.41) is 4.32. The number of nitrogens with zero attached hydrogens (tertiary/aromatic N) is 1. The molecule has 0 N–H and O–H groups in total. The van der Waals surface area contributed by atoms with Crippen molar-refractivity contribution >= 4 is 11.5 Å². The molecule has 3 nitrogen and oxygen atoms in total. The highest BCUT2D eigenvalue weighted by molar-refractivity contribution is 6.04. The lowest BCUT2D eigenvalue weighted by Gasteiger charge is -2.07. The molecule has 3 aromatic carbocycles. The van der Waals surface area contributed by atoms with E-state index in [9.17, 15) is 4.79 Å². The van der Waals surface area contributed by atoms with E-state index < -0.39 is 0 Å². The number of ketones is 1. The molecule has 0 saturated heterocycles. The van der Waals surface area contributed by atoms with Gasteiger partial charge in [-0.3, -0.25) is 4.79 Å². The molecule has 0 fully saturated rings. The van der Waals surface area contributed by atoms with Crippen LogP contribution in [0.25, 0.3) is 0 Å². The summed E-state index contributed by atoms with van der Waals surface area (Å²) >= 11 is 0. The number of hydrogen-bond donors (Lipinski definition) is 0. The molecule has 0 aliphatic heterocycles. The number of carbonyl (C=O) groups excluding carboxylic acids is 1. The minimum Gasteiger partial charge on any atom is -0.391 e. The molecule has 130 valence electrons. The van der Waals surface area contributed by atoms with Crippen LogP contribution in [0.1, 0.15) is 34.3 Å². The van der Waals surface area contributed by atoms with E-state index in [0.717, 1.165) is 22.4 Å². The first kappa shape index (κ1) is 17.6. The van der Waals surface area contributed by atoms with Crippen molar-refractivity contribution in [2.24, 2.45) is 5.16 Å². The predicted molar refractivity (Wildman–Crippen MR) is 104 cm³/mol. The number of Topliss-reactive ketones (excluding diaryl/α,β-unsaturated/α-hetero) is 1. The first-order chi connectivity index (χ1) is 12.8. The van der Waals surface area contributed by atoms with Gasteiger partial charge in [-0.25, -0.2) is 0 Å². The van der Waals surface area contributed by atoms with Gasteiger partial charge in [0.15, 0.2) is 5.78 Å². The Morgan fingerprint density at radius 3 is 1.85 bits per heavy atom. The number of benzene rings is 3. The smallest absolute Gasteiger partial charge is 0.163 e. The van der Waals surface area contributed by atoms with E-state index in [2.05, 4.69) is 5.16 Å². The predicted octanol–water partition coefficient (Wildman–Crippen LogP) is 5.27. The molecule has 3 heteroatoms. The molecule has 0 saturated carbocycles. The van der Waals surface area contributed by atoms with Gasteiger partial charge in [0.05, 0.1) is 5.71 Å². The summed E-state index contributed by atoms with van der Waals surface area (Å²) in [5.41, 5.74) is 3.54. The Labute approximate surface area is 153 Å².